The Labute approximate surface area is 139 Å². The predicted octanol–water partition coefficient (Wildman–Crippen LogP) is 3.72. The number of hydrogen-bond acceptors (Lipinski definition) is 3. The van der Waals surface area contributed by atoms with E-state index >= 15 is 0 Å². The van der Waals surface area contributed by atoms with Crippen molar-refractivity contribution < 1.29 is 14.3 Å². The molecule has 1 aliphatic carbocycles. The van der Waals surface area contributed by atoms with Crippen molar-refractivity contribution in [3.05, 3.63) is 23.8 Å². The summed E-state index contributed by atoms with van der Waals surface area (Å²) < 4.78 is 11.2. The van der Waals surface area contributed by atoms with Gasteiger partial charge in [-0.25, -0.2) is 0 Å². The second-order valence-electron chi connectivity index (χ2n) is 6.10. The number of hydrogen-bond donors (Lipinski definition) is 1. The van der Waals surface area contributed by atoms with Gasteiger partial charge in [0, 0.05) is 13.0 Å². The van der Waals surface area contributed by atoms with Gasteiger partial charge in [-0.15, -0.1) is 0 Å². The lowest BCUT2D eigenvalue weighted by atomic mass is 10.0. The molecule has 4 nitrogen and oxygen atoms in total. The van der Waals surface area contributed by atoms with Crippen molar-refractivity contribution in [2.75, 3.05) is 19.8 Å². The molecule has 0 aromatic heterocycles. The largest absolute Gasteiger partial charge is 0.490 e. The van der Waals surface area contributed by atoms with Crippen molar-refractivity contribution in [1.29, 1.82) is 0 Å². The molecule has 1 fully saturated rings. The van der Waals surface area contributed by atoms with Crippen LogP contribution in [0.15, 0.2) is 18.2 Å². The van der Waals surface area contributed by atoms with Crippen LogP contribution in [0, 0.1) is 5.92 Å². The molecule has 1 aromatic rings. The highest BCUT2D eigenvalue weighted by Gasteiger charge is 2.18. The average molecular weight is 319 g/mol. The molecule has 1 aliphatic rings. The maximum atomic E-state index is 11.9. The van der Waals surface area contributed by atoms with Gasteiger partial charge < -0.3 is 14.8 Å². The predicted molar refractivity (Wildman–Crippen MR) is 92.1 cm³/mol. The molecule has 1 saturated carbocycles. The average Bonchev–Trinajstić information content (AvgIpc) is 3.03. The van der Waals surface area contributed by atoms with Gasteiger partial charge in [-0.2, -0.15) is 0 Å². The van der Waals surface area contributed by atoms with E-state index in [1.807, 2.05) is 32.0 Å². The van der Waals surface area contributed by atoms with Gasteiger partial charge in [-0.1, -0.05) is 18.9 Å². The van der Waals surface area contributed by atoms with E-state index in [0.29, 0.717) is 32.1 Å². The fourth-order valence-electron chi connectivity index (χ4n) is 3.15. The maximum absolute atomic E-state index is 11.9. The number of carbonyl (C=O) groups excluding carboxylic acids is 1. The normalized spacial score (nSPS) is 14.7. The smallest absolute Gasteiger partial charge is 0.220 e. The molecule has 4 heteroatoms. The zero-order valence-corrected chi connectivity index (χ0v) is 14.4. The molecule has 0 saturated heterocycles. The first-order chi connectivity index (χ1) is 11.2. The Morgan fingerprint density at radius 3 is 2.52 bits per heavy atom. The van der Waals surface area contributed by atoms with Gasteiger partial charge in [-0.3, -0.25) is 4.79 Å². The van der Waals surface area contributed by atoms with E-state index in [1.165, 1.54) is 25.7 Å². The van der Waals surface area contributed by atoms with Crippen LogP contribution in [0.25, 0.3) is 0 Å². The van der Waals surface area contributed by atoms with Crippen molar-refractivity contribution in [3.8, 4) is 11.5 Å². The lowest BCUT2D eigenvalue weighted by molar-refractivity contribution is -0.121. The van der Waals surface area contributed by atoms with E-state index < -0.39 is 0 Å². The van der Waals surface area contributed by atoms with Gasteiger partial charge in [-0.05, 0) is 56.7 Å². The topological polar surface area (TPSA) is 47.6 Å². The van der Waals surface area contributed by atoms with Crippen LogP contribution < -0.4 is 14.8 Å². The van der Waals surface area contributed by atoms with Gasteiger partial charge >= 0.3 is 0 Å². The van der Waals surface area contributed by atoms with Crippen molar-refractivity contribution in [1.82, 2.24) is 5.32 Å². The molecule has 0 heterocycles. The lowest BCUT2D eigenvalue weighted by Gasteiger charge is -2.13. The van der Waals surface area contributed by atoms with Crippen LogP contribution in [-0.2, 0) is 11.2 Å². The summed E-state index contributed by atoms with van der Waals surface area (Å²) >= 11 is 0. The second-order valence-corrected chi connectivity index (χ2v) is 6.10. The molecule has 23 heavy (non-hydrogen) atoms. The fourth-order valence-corrected chi connectivity index (χ4v) is 3.15. The Kier molecular flexibility index (Phi) is 7.24. The van der Waals surface area contributed by atoms with E-state index in [2.05, 4.69) is 5.32 Å². The summed E-state index contributed by atoms with van der Waals surface area (Å²) in [6.45, 7) is 5.83. The fraction of sp³-hybridized carbons (Fsp3) is 0.632. The van der Waals surface area contributed by atoms with Crippen LogP contribution >= 0.6 is 0 Å². The molecule has 1 amide bonds. The molecule has 0 bridgehead atoms. The van der Waals surface area contributed by atoms with E-state index in [1.54, 1.807) is 0 Å². The van der Waals surface area contributed by atoms with Gasteiger partial charge in [0.2, 0.25) is 5.91 Å². The van der Waals surface area contributed by atoms with E-state index in [9.17, 15) is 4.79 Å². The number of ether oxygens (including phenoxy) is 2. The molecule has 2 rings (SSSR count). The van der Waals surface area contributed by atoms with Crippen molar-refractivity contribution in [3.63, 3.8) is 0 Å². The summed E-state index contributed by atoms with van der Waals surface area (Å²) in [4.78, 5) is 11.9. The summed E-state index contributed by atoms with van der Waals surface area (Å²) in [5.41, 5.74) is 1.15. The Morgan fingerprint density at radius 1 is 1.13 bits per heavy atom. The van der Waals surface area contributed by atoms with Gasteiger partial charge in [0.05, 0.1) is 13.2 Å². The number of amides is 1. The first kappa shape index (κ1) is 17.6. The molecule has 0 unspecified atom stereocenters. The van der Waals surface area contributed by atoms with Crippen LogP contribution in [0.1, 0.15) is 51.5 Å². The Balaban J connectivity index is 1.80. The first-order valence-corrected chi connectivity index (χ1v) is 8.88. The zero-order chi connectivity index (χ0) is 16.5. The highest BCUT2D eigenvalue weighted by molar-refractivity contribution is 5.76. The minimum absolute atomic E-state index is 0.188. The minimum atomic E-state index is 0.188. The minimum Gasteiger partial charge on any atom is -0.490 e. The quantitative estimate of drug-likeness (QED) is 0.754. The molecule has 0 aliphatic heterocycles. The summed E-state index contributed by atoms with van der Waals surface area (Å²) in [7, 11) is 0. The molecular weight excluding hydrogens is 290 g/mol. The van der Waals surface area contributed by atoms with Crippen LogP contribution in [-0.4, -0.2) is 25.7 Å². The standard InChI is InChI=1S/C19H29NO3/c1-3-22-17-10-9-16(13-18(17)23-4-2)11-12-20-19(21)14-15-7-5-6-8-15/h9-10,13,15H,3-8,11-12,14H2,1-2H3,(H,20,21). The van der Waals surface area contributed by atoms with Crippen molar-refractivity contribution in [2.24, 2.45) is 5.92 Å². The van der Waals surface area contributed by atoms with Crippen LogP contribution in [0.5, 0.6) is 11.5 Å². The monoisotopic (exact) mass is 319 g/mol. The third-order valence-electron chi connectivity index (χ3n) is 4.29. The summed E-state index contributed by atoms with van der Waals surface area (Å²) in [6.07, 6.45) is 6.49. The van der Waals surface area contributed by atoms with Gasteiger partial charge in [0.1, 0.15) is 0 Å². The zero-order valence-electron chi connectivity index (χ0n) is 14.4. The Bertz CT molecular complexity index is 495. The molecular formula is C19H29NO3. The molecule has 1 N–H and O–H groups in total. The number of rotatable bonds is 9. The van der Waals surface area contributed by atoms with E-state index in [4.69, 9.17) is 9.47 Å². The second kappa shape index (κ2) is 9.43. The maximum Gasteiger partial charge on any atom is 0.220 e. The van der Waals surface area contributed by atoms with Crippen LogP contribution in [0.2, 0.25) is 0 Å². The Morgan fingerprint density at radius 2 is 1.83 bits per heavy atom. The van der Waals surface area contributed by atoms with Crippen LogP contribution in [0.4, 0.5) is 0 Å². The first-order valence-electron chi connectivity index (χ1n) is 8.88. The number of nitrogens with one attached hydrogen (secondary N) is 1. The third kappa shape index (κ3) is 5.77. The number of carbonyl (C=O) groups is 1. The summed E-state index contributed by atoms with van der Waals surface area (Å²) in [5, 5.41) is 3.04. The summed E-state index contributed by atoms with van der Waals surface area (Å²) in [6, 6.07) is 6.00. The number of benzene rings is 1. The highest BCUT2D eigenvalue weighted by atomic mass is 16.5. The molecule has 128 valence electrons. The SMILES string of the molecule is CCOc1ccc(CCNC(=O)CC2CCCC2)cc1OCC. The molecule has 0 radical (unpaired) electrons. The van der Waals surface area contributed by atoms with E-state index in [0.717, 1.165) is 23.5 Å². The lowest BCUT2D eigenvalue weighted by Crippen LogP contribution is -2.27. The van der Waals surface area contributed by atoms with Gasteiger partial charge in [0.25, 0.3) is 0 Å². The Hall–Kier alpha value is -1.71. The summed E-state index contributed by atoms with van der Waals surface area (Å²) in [5.74, 6) is 2.35. The van der Waals surface area contributed by atoms with Crippen LogP contribution in [0.3, 0.4) is 0 Å². The highest BCUT2D eigenvalue weighted by Crippen LogP contribution is 2.29. The molecule has 0 atom stereocenters. The third-order valence-corrected chi connectivity index (χ3v) is 4.29. The molecule has 1 aromatic carbocycles. The van der Waals surface area contributed by atoms with Crippen molar-refractivity contribution in [2.45, 2.75) is 52.4 Å². The van der Waals surface area contributed by atoms with Crippen molar-refractivity contribution >= 4 is 5.91 Å². The van der Waals surface area contributed by atoms with Gasteiger partial charge in [0.15, 0.2) is 11.5 Å². The van der Waals surface area contributed by atoms with E-state index in [-0.39, 0.29) is 5.91 Å². The molecule has 0 spiro atoms.